The van der Waals surface area contributed by atoms with Crippen LogP contribution in [0.2, 0.25) is 0 Å². The van der Waals surface area contributed by atoms with Gasteiger partial charge in [0.25, 0.3) is 0 Å². The maximum absolute atomic E-state index is 13.1. The Morgan fingerprint density at radius 2 is 1.94 bits per heavy atom. The van der Waals surface area contributed by atoms with Crippen molar-refractivity contribution in [3.8, 4) is 0 Å². The van der Waals surface area contributed by atoms with Gasteiger partial charge in [0.05, 0.1) is 31.9 Å². The van der Waals surface area contributed by atoms with Gasteiger partial charge in [0.1, 0.15) is 0 Å². The summed E-state index contributed by atoms with van der Waals surface area (Å²) in [6.45, 7) is 10.6. The average molecular weight is 557 g/mol. The molecule has 1 aliphatic rings. The first-order valence-electron chi connectivity index (χ1n) is 10.4. The van der Waals surface area contributed by atoms with Crippen LogP contribution in [0.25, 0.3) is 0 Å². The summed E-state index contributed by atoms with van der Waals surface area (Å²) >= 11 is 0. The topological polar surface area (TPSA) is 46.1 Å². The number of methoxy groups -OCH3 is 1. The number of halogens is 4. The number of alkyl halides is 3. The number of hydrogen-bond acceptors (Lipinski definition) is 3. The van der Waals surface area contributed by atoms with E-state index in [1.54, 1.807) is 13.2 Å². The number of benzene rings is 1. The summed E-state index contributed by atoms with van der Waals surface area (Å²) in [7, 11) is 1.65. The number of ether oxygens (including phenoxy) is 2. The number of aliphatic imine (C=N–C) groups is 1. The molecule has 1 aliphatic heterocycles. The van der Waals surface area contributed by atoms with Gasteiger partial charge in [0.15, 0.2) is 5.96 Å². The van der Waals surface area contributed by atoms with E-state index < -0.39 is 17.2 Å². The van der Waals surface area contributed by atoms with Crippen molar-refractivity contribution in [2.75, 3.05) is 53.1 Å². The van der Waals surface area contributed by atoms with Gasteiger partial charge in [-0.25, -0.2) is 0 Å². The van der Waals surface area contributed by atoms with Crippen molar-refractivity contribution in [1.29, 1.82) is 0 Å². The fourth-order valence-electron chi connectivity index (χ4n) is 3.46. The molecule has 0 saturated carbocycles. The molecule has 0 radical (unpaired) electrons. The molecule has 31 heavy (non-hydrogen) atoms. The second kappa shape index (κ2) is 12.8. The van der Waals surface area contributed by atoms with Gasteiger partial charge >= 0.3 is 6.18 Å². The largest absolute Gasteiger partial charge is 0.416 e. The monoisotopic (exact) mass is 557 g/mol. The average Bonchev–Trinajstić information content (AvgIpc) is 3.17. The Bertz CT molecular complexity index is 699. The fraction of sp³-hybridized carbons (Fsp3) is 0.682. The Hall–Kier alpha value is -1.07. The molecule has 2 rings (SSSR count). The maximum atomic E-state index is 13.1. The molecule has 1 aromatic carbocycles. The number of likely N-dealkylation sites (tertiary alicyclic amines) is 1. The summed E-state index contributed by atoms with van der Waals surface area (Å²) in [5.74, 6) is 1.24. The zero-order valence-electron chi connectivity index (χ0n) is 18.8. The van der Waals surface area contributed by atoms with Crippen molar-refractivity contribution in [3.63, 3.8) is 0 Å². The summed E-state index contributed by atoms with van der Waals surface area (Å²) in [4.78, 5) is 6.97. The molecule has 1 fully saturated rings. The number of guanidine groups is 1. The van der Waals surface area contributed by atoms with Gasteiger partial charge in [-0.05, 0) is 25.0 Å². The first-order valence-corrected chi connectivity index (χ1v) is 10.4. The minimum absolute atomic E-state index is 0. The number of nitrogens with one attached hydrogen (secondary N) is 1. The Morgan fingerprint density at radius 3 is 2.58 bits per heavy atom. The predicted octanol–water partition coefficient (Wildman–Crippen LogP) is 4.55. The number of rotatable bonds is 9. The molecule has 1 aromatic rings. The maximum Gasteiger partial charge on any atom is 0.416 e. The lowest BCUT2D eigenvalue weighted by Crippen LogP contribution is -2.41. The normalized spacial score (nSPS) is 17.6. The molecule has 1 N–H and O–H groups in total. The molecule has 1 heterocycles. The Balaban J connectivity index is 0.00000480. The highest BCUT2D eigenvalue weighted by Gasteiger charge is 2.32. The van der Waals surface area contributed by atoms with Gasteiger partial charge in [-0.2, -0.15) is 13.2 Å². The third kappa shape index (κ3) is 8.76. The predicted molar refractivity (Wildman–Crippen MR) is 128 cm³/mol. The smallest absolute Gasteiger partial charge is 0.382 e. The van der Waals surface area contributed by atoms with Crippen molar-refractivity contribution < 1.29 is 22.6 Å². The molecule has 0 aliphatic carbocycles. The van der Waals surface area contributed by atoms with Crippen molar-refractivity contribution in [2.24, 2.45) is 10.9 Å². The molecule has 1 saturated heterocycles. The zero-order valence-corrected chi connectivity index (χ0v) is 21.1. The van der Waals surface area contributed by atoms with Gasteiger partial charge in [-0.15, -0.1) is 24.0 Å². The van der Waals surface area contributed by atoms with E-state index in [4.69, 9.17) is 14.5 Å². The van der Waals surface area contributed by atoms with Crippen LogP contribution in [0.1, 0.15) is 38.3 Å². The van der Waals surface area contributed by atoms with Crippen molar-refractivity contribution in [3.05, 3.63) is 35.4 Å². The van der Waals surface area contributed by atoms with Crippen LogP contribution in [-0.4, -0.2) is 64.0 Å². The third-order valence-electron chi connectivity index (χ3n) is 5.30. The molecule has 178 valence electrons. The summed E-state index contributed by atoms with van der Waals surface area (Å²) in [5, 5.41) is 3.32. The Labute approximate surface area is 200 Å². The van der Waals surface area contributed by atoms with Crippen LogP contribution >= 0.6 is 24.0 Å². The highest BCUT2D eigenvalue weighted by Crippen LogP contribution is 2.33. The fourth-order valence-corrected chi connectivity index (χ4v) is 3.46. The van der Waals surface area contributed by atoms with E-state index in [9.17, 15) is 13.2 Å². The summed E-state index contributed by atoms with van der Waals surface area (Å²) in [6.07, 6.45) is -3.32. The standard InChI is InChI=1S/C22H34F3N3O2.HI/c1-5-26-20(28-10-9-17(14-28)15-30-12-11-29-4)27-16-21(2,3)18-7-6-8-19(13-18)22(23,24)25;/h6-8,13,17H,5,9-12,14-16H2,1-4H3,(H,26,27);1H. The van der Waals surface area contributed by atoms with Crippen LogP contribution in [0.5, 0.6) is 0 Å². The molecule has 0 spiro atoms. The quantitative estimate of drug-likeness (QED) is 0.210. The van der Waals surface area contributed by atoms with Crippen molar-refractivity contribution >= 4 is 29.9 Å². The van der Waals surface area contributed by atoms with Gasteiger partial charge in [0.2, 0.25) is 0 Å². The first kappa shape index (κ1) is 28.0. The van der Waals surface area contributed by atoms with Crippen molar-refractivity contribution in [1.82, 2.24) is 10.2 Å². The van der Waals surface area contributed by atoms with E-state index in [2.05, 4.69) is 10.2 Å². The lowest BCUT2D eigenvalue weighted by molar-refractivity contribution is -0.137. The molecule has 9 heteroatoms. The molecule has 1 atom stereocenters. The highest BCUT2D eigenvalue weighted by molar-refractivity contribution is 14.0. The van der Waals surface area contributed by atoms with E-state index in [0.717, 1.165) is 38.1 Å². The summed E-state index contributed by atoms with van der Waals surface area (Å²) in [5.41, 5.74) is -0.521. The third-order valence-corrected chi connectivity index (χ3v) is 5.30. The molecular weight excluding hydrogens is 522 g/mol. The van der Waals surface area contributed by atoms with Crippen LogP contribution < -0.4 is 5.32 Å². The number of hydrogen-bond donors (Lipinski definition) is 1. The van der Waals surface area contributed by atoms with E-state index in [0.29, 0.717) is 37.8 Å². The molecule has 1 unspecified atom stereocenters. The number of nitrogens with zero attached hydrogens (tertiary/aromatic N) is 2. The highest BCUT2D eigenvalue weighted by atomic mass is 127. The van der Waals surface area contributed by atoms with Gasteiger partial charge < -0.3 is 19.7 Å². The second-order valence-electron chi connectivity index (χ2n) is 8.30. The minimum atomic E-state index is -4.35. The summed E-state index contributed by atoms with van der Waals surface area (Å²) < 4.78 is 49.9. The van der Waals surface area contributed by atoms with Crippen LogP contribution in [0.15, 0.2) is 29.3 Å². The van der Waals surface area contributed by atoms with Gasteiger partial charge in [-0.3, -0.25) is 4.99 Å². The molecule has 5 nitrogen and oxygen atoms in total. The zero-order chi connectivity index (χ0) is 22.2. The van der Waals surface area contributed by atoms with Crippen LogP contribution in [0.3, 0.4) is 0 Å². The van der Waals surface area contributed by atoms with Crippen molar-refractivity contribution in [2.45, 2.75) is 38.8 Å². The van der Waals surface area contributed by atoms with E-state index in [1.807, 2.05) is 20.8 Å². The second-order valence-corrected chi connectivity index (χ2v) is 8.30. The van der Waals surface area contributed by atoms with Crippen LogP contribution in [-0.2, 0) is 21.1 Å². The molecular formula is C22H35F3IN3O2. The lowest BCUT2D eigenvalue weighted by Gasteiger charge is -2.27. The van der Waals surface area contributed by atoms with E-state index in [-0.39, 0.29) is 24.0 Å². The Morgan fingerprint density at radius 1 is 1.23 bits per heavy atom. The SMILES string of the molecule is CCNC(=NCC(C)(C)c1cccc(C(F)(F)F)c1)N1CCC(COCCOC)C1.I. The van der Waals surface area contributed by atoms with Crippen LogP contribution in [0.4, 0.5) is 13.2 Å². The summed E-state index contributed by atoms with van der Waals surface area (Å²) in [6, 6.07) is 5.53. The van der Waals surface area contributed by atoms with Gasteiger partial charge in [0, 0.05) is 38.1 Å². The van der Waals surface area contributed by atoms with E-state index >= 15 is 0 Å². The minimum Gasteiger partial charge on any atom is -0.382 e. The van der Waals surface area contributed by atoms with E-state index in [1.165, 1.54) is 12.1 Å². The van der Waals surface area contributed by atoms with Gasteiger partial charge in [-0.1, -0.05) is 32.0 Å². The van der Waals surface area contributed by atoms with Crippen LogP contribution in [0, 0.1) is 5.92 Å². The molecule has 0 bridgehead atoms. The molecule has 0 amide bonds. The molecule has 0 aromatic heterocycles. The lowest BCUT2D eigenvalue weighted by atomic mass is 9.84. The Kier molecular flexibility index (Phi) is 11.6. The first-order chi connectivity index (χ1) is 14.2.